The number of ether oxygens (including phenoxy) is 1. The van der Waals surface area contributed by atoms with Crippen molar-refractivity contribution < 1.29 is 9.53 Å². The first-order chi connectivity index (χ1) is 9.70. The van der Waals surface area contributed by atoms with Gasteiger partial charge in [-0.2, -0.15) is 0 Å². The number of benzene rings is 1. The molecule has 2 atom stereocenters. The first kappa shape index (κ1) is 14.9. The maximum absolute atomic E-state index is 12.1. The molecule has 1 amide bonds. The van der Waals surface area contributed by atoms with Crippen molar-refractivity contribution in [3.8, 4) is 5.75 Å². The largest absolute Gasteiger partial charge is 0.496 e. The van der Waals surface area contributed by atoms with E-state index in [-0.39, 0.29) is 11.9 Å². The SMILES string of the molecule is COc1ccccc1C(C)NC(=O)CC1CCCNC1. The molecule has 4 heteroatoms. The highest BCUT2D eigenvalue weighted by molar-refractivity contribution is 5.76. The van der Waals surface area contributed by atoms with Crippen molar-refractivity contribution in [1.82, 2.24) is 10.6 Å². The van der Waals surface area contributed by atoms with E-state index in [2.05, 4.69) is 10.6 Å². The van der Waals surface area contributed by atoms with Gasteiger partial charge in [-0.05, 0) is 44.8 Å². The van der Waals surface area contributed by atoms with E-state index < -0.39 is 0 Å². The van der Waals surface area contributed by atoms with Crippen molar-refractivity contribution in [3.63, 3.8) is 0 Å². The Morgan fingerprint density at radius 1 is 1.50 bits per heavy atom. The number of para-hydroxylation sites is 1. The molecule has 0 aliphatic carbocycles. The number of methoxy groups -OCH3 is 1. The Bertz CT molecular complexity index is 442. The summed E-state index contributed by atoms with van der Waals surface area (Å²) in [6, 6.07) is 7.78. The molecule has 2 unspecified atom stereocenters. The summed E-state index contributed by atoms with van der Waals surface area (Å²) >= 11 is 0. The number of amides is 1. The molecule has 1 aliphatic rings. The Hall–Kier alpha value is -1.55. The van der Waals surface area contributed by atoms with Crippen LogP contribution in [0.25, 0.3) is 0 Å². The molecule has 1 saturated heterocycles. The zero-order chi connectivity index (χ0) is 14.4. The number of nitrogens with one attached hydrogen (secondary N) is 2. The lowest BCUT2D eigenvalue weighted by Gasteiger charge is -2.23. The van der Waals surface area contributed by atoms with Gasteiger partial charge in [0.15, 0.2) is 0 Å². The van der Waals surface area contributed by atoms with Crippen molar-refractivity contribution >= 4 is 5.91 Å². The van der Waals surface area contributed by atoms with Gasteiger partial charge in [0.2, 0.25) is 5.91 Å². The minimum atomic E-state index is -0.0322. The summed E-state index contributed by atoms with van der Waals surface area (Å²) in [5.41, 5.74) is 1.02. The monoisotopic (exact) mass is 276 g/mol. The lowest BCUT2D eigenvalue weighted by Crippen LogP contribution is -2.35. The van der Waals surface area contributed by atoms with E-state index in [1.807, 2.05) is 31.2 Å². The fraction of sp³-hybridized carbons (Fsp3) is 0.562. The van der Waals surface area contributed by atoms with Crippen molar-refractivity contribution in [2.45, 2.75) is 32.2 Å². The van der Waals surface area contributed by atoms with Crippen LogP contribution in [0.2, 0.25) is 0 Å². The zero-order valence-corrected chi connectivity index (χ0v) is 12.3. The van der Waals surface area contributed by atoms with Gasteiger partial charge in [-0.15, -0.1) is 0 Å². The summed E-state index contributed by atoms with van der Waals surface area (Å²) in [6.07, 6.45) is 2.91. The van der Waals surface area contributed by atoms with Crippen molar-refractivity contribution in [1.29, 1.82) is 0 Å². The molecule has 1 aromatic rings. The topological polar surface area (TPSA) is 50.4 Å². The van der Waals surface area contributed by atoms with Gasteiger partial charge in [-0.1, -0.05) is 18.2 Å². The van der Waals surface area contributed by atoms with Gasteiger partial charge in [-0.3, -0.25) is 4.79 Å². The predicted octanol–water partition coefficient (Wildman–Crippen LogP) is 2.26. The summed E-state index contributed by atoms with van der Waals surface area (Å²) in [4.78, 5) is 12.1. The van der Waals surface area contributed by atoms with Gasteiger partial charge in [-0.25, -0.2) is 0 Å². The normalized spacial score (nSPS) is 20.2. The van der Waals surface area contributed by atoms with Crippen LogP contribution in [0.3, 0.4) is 0 Å². The molecule has 2 N–H and O–H groups in total. The molecule has 1 heterocycles. The second kappa shape index (κ2) is 7.29. The molecule has 2 rings (SSSR count). The van der Waals surface area contributed by atoms with Gasteiger partial charge in [0.05, 0.1) is 13.2 Å². The van der Waals surface area contributed by atoms with Crippen LogP contribution in [-0.4, -0.2) is 26.1 Å². The van der Waals surface area contributed by atoms with E-state index in [0.717, 1.165) is 30.8 Å². The fourth-order valence-electron chi connectivity index (χ4n) is 2.76. The van der Waals surface area contributed by atoms with E-state index in [1.54, 1.807) is 7.11 Å². The number of rotatable bonds is 5. The lowest BCUT2D eigenvalue weighted by molar-refractivity contribution is -0.122. The van der Waals surface area contributed by atoms with Crippen LogP contribution in [0, 0.1) is 5.92 Å². The molecular weight excluding hydrogens is 252 g/mol. The Morgan fingerprint density at radius 2 is 2.30 bits per heavy atom. The van der Waals surface area contributed by atoms with Crippen LogP contribution in [0.15, 0.2) is 24.3 Å². The number of carbonyl (C=O) groups is 1. The number of piperidine rings is 1. The van der Waals surface area contributed by atoms with Crippen LogP contribution in [0.1, 0.15) is 37.8 Å². The first-order valence-corrected chi connectivity index (χ1v) is 7.33. The van der Waals surface area contributed by atoms with Gasteiger partial charge in [0.1, 0.15) is 5.75 Å². The minimum Gasteiger partial charge on any atom is -0.496 e. The molecule has 1 aromatic carbocycles. The van der Waals surface area contributed by atoms with Crippen LogP contribution in [0.5, 0.6) is 5.75 Å². The Labute approximate surface area is 120 Å². The highest BCUT2D eigenvalue weighted by Gasteiger charge is 2.19. The average Bonchev–Trinajstić information content (AvgIpc) is 2.48. The molecular formula is C16H24N2O2. The third kappa shape index (κ3) is 3.97. The van der Waals surface area contributed by atoms with Crippen LogP contribution >= 0.6 is 0 Å². The van der Waals surface area contributed by atoms with Crippen LogP contribution in [0.4, 0.5) is 0 Å². The molecule has 0 spiro atoms. The molecule has 1 fully saturated rings. The maximum atomic E-state index is 12.1. The molecule has 0 saturated carbocycles. The standard InChI is InChI=1S/C16H24N2O2/c1-12(14-7-3-4-8-15(14)20-2)18-16(19)10-13-6-5-9-17-11-13/h3-4,7-8,12-13,17H,5-6,9-11H2,1-2H3,(H,18,19). The Kier molecular flexibility index (Phi) is 5.41. The second-order valence-electron chi connectivity index (χ2n) is 5.45. The van der Waals surface area contributed by atoms with Gasteiger partial charge < -0.3 is 15.4 Å². The van der Waals surface area contributed by atoms with E-state index >= 15 is 0 Å². The Morgan fingerprint density at radius 3 is 3.00 bits per heavy atom. The maximum Gasteiger partial charge on any atom is 0.220 e. The van der Waals surface area contributed by atoms with Gasteiger partial charge in [0.25, 0.3) is 0 Å². The van der Waals surface area contributed by atoms with Crippen molar-refractivity contribution in [2.24, 2.45) is 5.92 Å². The average molecular weight is 276 g/mol. The molecule has 0 radical (unpaired) electrons. The summed E-state index contributed by atoms with van der Waals surface area (Å²) in [6.45, 7) is 4.03. The van der Waals surface area contributed by atoms with Gasteiger partial charge in [0, 0.05) is 12.0 Å². The number of hydrogen-bond donors (Lipinski definition) is 2. The summed E-state index contributed by atoms with van der Waals surface area (Å²) < 4.78 is 5.34. The summed E-state index contributed by atoms with van der Waals surface area (Å²) in [5.74, 6) is 1.41. The van der Waals surface area contributed by atoms with Crippen molar-refractivity contribution in [2.75, 3.05) is 20.2 Å². The van der Waals surface area contributed by atoms with E-state index in [0.29, 0.717) is 12.3 Å². The fourth-order valence-corrected chi connectivity index (χ4v) is 2.76. The number of carbonyl (C=O) groups excluding carboxylic acids is 1. The first-order valence-electron chi connectivity index (χ1n) is 7.33. The molecule has 1 aliphatic heterocycles. The van der Waals surface area contributed by atoms with E-state index in [9.17, 15) is 4.79 Å². The van der Waals surface area contributed by atoms with Crippen LogP contribution < -0.4 is 15.4 Å². The number of hydrogen-bond acceptors (Lipinski definition) is 3. The van der Waals surface area contributed by atoms with E-state index in [4.69, 9.17) is 4.74 Å². The Balaban J connectivity index is 1.89. The molecule has 0 bridgehead atoms. The third-order valence-corrected chi connectivity index (χ3v) is 3.86. The molecule has 110 valence electrons. The predicted molar refractivity (Wildman–Crippen MR) is 79.8 cm³/mol. The third-order valence-electron chi connectivity index (χ3n) is 3.86. The quantitative estimate of drug-likeness (QED) is 0.867. The molecule has 20 heavy (non-hydrogen) atoms. The highest BCUT2D eigenvalue weighted by Crippen LogP contribution is 2.24. The van der Waals surface area contributed by atoms with Crippen LogP contribution in [-0.2, 0) is 4.79 Å². The minimum absolute atomic E-state index is 0.0322. The smallest absolute Gasteiger partial charge is 0.220 e. The summed E-state index contributed by atoms with van der Waals surface area (Å²) in [7, 11) is 1.65. The second-order valence-corrected chi connectivity index (χ2v) is 5.45. The zero-order valence-electron chi connectivity index (χ0n) is 12.3. The van der Waals surface area contributed by atoms with E-state index in [1.165, 1.54) is 6.42 Å². The lowest BCUT2D eigenvalue weighted by atomic mass is 9.95. The molecule has 4 nitrogen and oxygen atoms in total. The van der Waals surface area contributed by atoms with Gasteiger partial charge >= 0.3 is 0 Å². The molecule has 0 aromatic heterocycles. The highest BCUT2D eigenvalue weighted by atomic mass is 16.5. The summed E-state index contributed by atoms with van der Waals surface area (Å²) in [5, 5.41) is 6.41. The van der Waals surface area contributed by atoms with Crippen molar-refractivity contribution in [3.05, 3.63) is 29.8 Å².